The number of thiophene rings is 1. The smallest absolute Gasteiger partial charge is 0.250 e. The van der Waals surface area contributed by atoms with Gasteiger partial charge in [0, 0.05) is 25.9 Å². The topological polar surface area (TPSA) is 139 Å². The van der Waals surface area contributed by atoms with E-state index in [1.54, 1.807) is 11.4 Å². The van der Waals surface area contributed by atoms with Crippen LogP contribution in [-0.2, 0) is 30.8 Å². The van der Waals surface area contributed by atoms with Crippen molar-refractivity contribution in [1.82, 2.24) is 14.9 Å². The molecule has 1 aromatic carbocycles. The van der Waals surface area contributed by atoms with Gasteiger partial charge in [-0.05, 0) is 29.9 Å². The van der Waals surface area contributed by atoms with Gasteiger partial charge in [0.05, 0.1) is 0 Å². The number of nitrogens with zero attached hydrogens (tertiary/aromatic N) is 1. The number of carbonyl (C=O) groups excluding carboxylic acids is 3. The highest BCUT2D eigenvalue weighted by molar-refractivity contribution is 7.91. The van der Waals surface area contributed by atoms with Crippen LogP contribution in [0.4, 0.5) is 0 Å². The van der Waals surface area contributed by atoms with Gasteiger partial charge >= 0.3 is 0 Å². The van der Waals surface area contributed by atoms with Crippen molar-refractivity contribution in [2.45, 2.75) is 48.5 Å². The molecular formula is C21H26N4O5S2. The number of hydrogen-bond acceptors (Lipinski definition) is 6. The third-order valence-electron chi connectivity index (χ3n) is 5.33. The lowest BCUT2D eigenvalue weighted by Crippen LogP contribution is -2.59. The van der Waals surface area contributed by atoms with E-state index in [9.17, 15) is 22.8 Å². The molecule has 3 atom stereocenters. The molecule has 0 radical (unpaired) electrons. The first-order chi connectivity index (χ1) is 15.2. The van der Waals surface area contributed by atoms with Crippen LogP contribution in [0.25, 0.3) is 0 Å². The Hall–Kier alpha value is -2.76. The van der Waals surface area contributed by atoms with Crippen molar-refractivity contribution in [2.75, 3.05) is 6.54 Å². The molecule has 1 fully saturated rings. The summed E-state index contributed by atoms with van der Waals surface area (Å²) in [6, 6.07) is 9.85. The second-order valence-electron chi connectivity index (χ2n) is 7.66. The minimum Gasteiger partial charge on any atom is -0.368 e. The Balaban J connectivity index is 1.73. The standard InChI is InChI=1S/C21H26N4O5S2/c1-14(26)25-10-9-16(24-32(29,30)19-8-5-11-31-19)13-18(25)21(28)23-17(20(22)27)12-15-6-3-2-4-7-15/h2-8,11,16-18,24H,9-10,12-13H2,1H3,(H2,22,27)(H,23,28). The zero-order chi connectivity index (χ0) is 23.3. The second kappa shape index (κ2) is 10.2. The van der Waals surface area contributed by atoms with Gasteiger partial charge in [-0.1, -0.05) is 36.4 Å². The highest BCUT2D eigenvalue weighted by atomic mass is 32.2. The van der Waals surface area contributed by atoms with Crippen molar-refractivity contribution < 1.29 is 22.8 Å². The van der Waals surface area contributed by atoms with Crippen LogP contribution in [-0.4, -0.2) is 55.7 Å². The van der Waals surface area contributed by atoms with E-state index in [2.05, 4.69) is 10.0 Å². The highest BCUT2D eigenvalue weighted by Gasteiger charge is 2.37. The molecule has 0 spiro atoms. The Morgan fingerprint density at radius 3 is 2.50 bits per heavy atom. The molecule has 0 aliphatic carbocycles. The normalized spacial score (nSPS) is 19.8. The summed E-state index contributed by atoms with van der Waals surface area (Å²) in [5, 5.41) is 4.31. The summed E-state index contributed by atoms with van der Waals surface area (Å²) in [4.78, 5) is 38.5. The number of piperidine rings is 1. The maximum Gasteiger partial charge on any atom is 0.250 e. The van der Waals surface area contributed by atoms with Crippen molar-refractivity contribution in [3.05, 3.63) is 53.4 Å². The summed E-state index contributed by atoms with van der Waals surface area (Å²) in [6.07, 6.45) is 0.674. The zero-order valence-corrected chi connectivity index (χ0v) is 19.2. The van der Waals surface area contributed by atoms with E-state index in [1.165, 1.54) is 17.9 Å². The number of primary amides is 1. The number of likely N-dealkylation sites (tertiary alicyclic amines) is 1. The van der Waals surface area contributed by atoms with E-state index in [4.69, 9.17) is 5.73 Å². The molecule has 172 valence electrons. The molecule has 0 bridgehead atoms. The maximum atomic E-state index is 13.1. The predicted octanol–water partition coefficient (Wildman–Crippen LogP) is 0.619. The monoisotopic (exact) mass is 478 g/mol. The van der Waals surface area contributed by atoms with Crippen LogP contribution in [0.5, 0.6) is 0 Å². The molecule has 11 heteroatoms. The number of amides is 3. The minimum atomic E-state index is -3.72. The number of hydrogen-bond donors (Lipinski definition) is 3. The Labute approximate surface area is 191 Å². The van der Waals surface area contributed by atoms with Crippen molar-refractivity contribution in [2.24, 2.45) is 5.73 Å². The summed E-state index contributed by atoms with van der Waals surface area (Å²) in [5.41, 5.74) is 6.32. The lowest BCUT2D eigenvalue weighted by atomic mass is 9.96. The number of nitrogens with two attached hydrogens (primary N) is 1. The van der Waals surface area contributed by atoms with E-state index in [0.29, 0.717) is 6.42 Å². The van der Waals surface area contributed by atoms with Gasteiger partial charge in [-0.15, -0.1) is 11.3 Å². The number of rotatable bonds is 8. The largest absolute Gasteiger partial charge is 0.368 e. The number of benzene rings is 1. The van der Waals surface area contributed by atoms with E-state index in [-0.39, 0.29) is 29.5 Å². The lowest BCUT2D eigenvalue weighted by molar-refractivity contribution is -0.142. The fourth-order valence-electron chi connectivity index (χ4n) is 3.73. The zero-order valence-electron chi connectivity index (χ0n) is 17.6. The molecule has 3 rings (SSSR count). The Kier molecular flexibility index (Phi) is 7.64. The van der Waals surface area contributed by atoms with Crippen LogP contribution in [0.3, 0.4) is 0 Å². The van der Waals surface area contributed by atoms with E-state index in [0.717, 1.165) is 16.9 Å². The second-order valence-corrected chi connectivity index (χ2v) is 10.5. The molecule has 4 N–H and O–H groups in total. The van der Waals surface area contributed by atoms with Crippen molar-refractivity contribution in [1.29, 1.82) is 0 Å². The summed E-state index contributed by atoms with van der Waals surface area (Å²) < 4.78 is 28.0. The fourth-order valence-corrected chi connectivity index (χ4v) is 6.03. The van der Waals surface area contributed by atoms with E-state index in [1.807, 2.05) is 30.3 Å². The van der Waals surface area contributed by atoms with Gasteiger partial charge < -0.3 is 16.0 Å². The molecule has 1 aliphatic heterocycles. The van der Waals surface area contributed by atoms with Crippen LogP contribution in [0.2, 0.25) is 0 Å². The molecular weight excluding hydrogens is 452 g/mol. The molecule has 3 amide bonds. The molecule has 2 aromatic rings. The number of nitrogens with one attached hydrogen (secondary N) is 2. The van der Waals surface area contributed by atoms with Gasteiger partial charge in [0.15, 0.2) is 0 Å². The Morgan fingerprint density at radius 2 is 1.91 bits per heavy atom. The lowest BCUT2D eigenvalue weighted by Gasteiger charge is -2.38. The van der Waals surface area contributed by atoms with Gasteiger partial charge in [-0.2, -0.15) is 0 Å². The van der Waals surface area contributed by atoms with Crippen LogP contribution >= 0.6 is 11.3 Å². The molecule has 1 saturated heterocycles. The molecule has 1 aromatic heterocycles. The average molecular weight is 479 g/mol. The maximum absolute atomic E-state index is 13.1. The van der Waals surface area contributed by atoms with Crippen LogP contribution in [0, 0.1) is 0 Å². The van der Waals surface area contributed by atoms with Gasteiger partial charge in [0.2, 0.25) is 27.7 Å². The minimum absolute atomic E-state index is 0.0901. The number of carbonyl (C=O) groups is 3. The third kappa shape index (κ3) is 5.93. The fraction of sp³-hybridized carbons (Fsp3) is 0.381. The first-order valence-corrected chi connectivity index (χ1v) is 12.5. The molecule has 32 heavy (non-hydrogen) atoms. The first-order valence-electron chi connectivity index (χ1n) is 10.1. The Morgan fingerprint density at radius 1 is 1.19 bits per heavy atom. The predicted molar refractivity (Wildman–Crippen MR) is 120 cm³/mol. The van der Waals surface area contributed by atoms with Crippen molar-refractivity contribution in [3.8, 4) is 0 Å². The number of sulfonamides is 1. The summed E-state index contributed by atoms with van der Waals surface area (Å²) >= 11 is 1.10. The SMILES string of the molecule is CC(=O)N1CCC(NS(=O)(=O)c2cccs2)CC1C(=O)NC(Cc1ccccc1)C(N)=O. The summed E-state index contributed by atoms with van der Waals surface area (Å²) in [6.45, 7) is 1.57. The van der Waals surface area contributed by atoms with Crippen molar-refractivity contribution >= 4 is 39.1 Å². The van der Waals surface area contributed by atoms with Crippen LogP contribution in [0.1, 0.15) is 25.3 Å². The van der Waals surface area contributed by atoms with Crippen molar-refractivity contribution in [3.63, 3.8) is 0 Å². The molecule has 3 unspecified atom stereocenters. The molecule has 0 saturated carbocycles. The van der Waals surface area contributed by atoms with Gasteiger partial charge in [-0.3, -0.25) is 14.4 Å². The molecule has 1 aliphatic rings. The first kappa shape index (κ1) is 23.9. The van der Waals surface area contributed by atoms with Gasteiger partial charge in [0.25, 0.3) is 0 Å². The summed E-state index contributed by atoms with van der Waals surface area (Å²) in [7, 11) is -3.72. The van der Waals surface area contributed by atoms with Crippen LogP contribution < -0.4 is 15.8 Å². The van der Waals surface area contributed by atoms with E-state index >= 15 is 0 Å². The van der Waals surface area contributed by atoms with Gasteiger partial charge in [0.1, 0.15) is 16.3 Å². The Bertz CT molecular complexity index is 1060. The quantitative estimate of drug-likeness (QED) is 0.510. The average Bonchev–Trinajstić information content (AvgIpc) is 3.29. The molecule has 9 nitrogen and oxygen atoms in total. The van der Waals surface area contributed by atoms with E-state index < -0.39 is 40.0 Å². The third-order valence-corrected chi connectivity index (χ3v) is 8.25. The molecule has 2 heterocycles. The van der Waals surface area contributed by atoms with Gasteiger partial charge in [-0.25, -0.2) is 13.1 Å². The highest BCUT2D eigenvalue weighted by Crippen LogP contribution is 2.22. The van der Waals surface area contributed by atoms with Crippen LogP contribution in [0.15, 0.2) is 52.1 Å². The summed E-state index contributed by atoms with van der Waals surface area (Å²) in [5.74, 6) is -1.54.